The Bertz CT molecular complexity index is 524. The molecule has 3 N–H and O–H groups in total. The first kappa shape index (κ1) is 15.2. The van der Waals surface area contributed by atoms with Crippen LogP contribution >= 0.6 is 0 Å². The lowest BCUT2D eigenvalue weighted by Crippen LogP contribution is -2.47. The fraction of sp³-hybridized carbons (Fsp3) is 0.400. The van der Waals surface area contributed by atoms with Crippen molar-refractivity contribution in [2.45, 2.75) is 31.8 Å². The first-order valence-electron chi connectivity index (χ1n) is 6.98. The number of rotatable bonds is 4. The Balaban J connectivity index is 2.07. The van der Waals surface area contributed by atoms with E-state index >= 15 is 0 Å². The molecule has 0 spiro atoms. The molecule has 1 unspecified atom stereocenters. The van der Waals surface area contributed by atoms with Crippen LogP contribution in [0.5, 0.6) is 0 Å². The van der Waals surface area contributed by atoms with Crippen molar-refractivity contribution in [2.24, 2.45) is 0 Å². The van der Waals surface area contributed by atoms with Gasteiger partial charge in [-0.25, -0.2) is 0 Å². The molecule has 1 aliphatic rings. The summed E-state index contributed by atoms with van der Waals surface area (Å²) in [5, 5.41) is 7.97. The molecular weight excluding hydrogens is 270 g/mol. The van der Waals surface area contributed by atoms with Crippen molar-refractivity contribution in [3.8, 4) is 0 Å². The second-order valence-electron chi connectivity index (χ2n) is 5.05. The van der Waals surface area contributed by atoms with Gasteiger partial charge in [-0.1, -0.05) is 30.3 Å². The third-order valence-electron chi connectivity index (χ3n) is 3.37. The fourth-order valence-corrected chi connectivity index (χ4v) is 2.34. The number of nitrogens with one attached hydrogen (secondary N) is 3. The summed E-state index contributed by atoms with van der Waals surface area (Å²) >= 11 is 0. The highest BCUT2D eigenvalue weighted by molar-refractivity contribution is 6.01. The third kappa shape index (κ3) is 4.13. The van der Waals surface area contributed by atoms with Gasteiger partial charge < -0.3 is 10.6 Å². The van der Waals surface area contributed by atoms with Crippen LogP contribution in [-0.2, 0) is 14.4 Å². The molecule has 1 heterocycles. The van der Waals surface area contributed by atoms with E-state index in [4.69, 9.17) is 0 Å². The van der Waals surface area contributed by atoms with Crippen molar-refractivity contribution in [2.75, 3.05) is 6.54 Å². The molecule has 1 aliphatic heterocycles. The maximum Gasteiger partial charge on any atom is 0.253 e. The summed E-state index contributed by atoms with van der Waals surface area (Å²) in [4.78, 5) is 35.5. The number of benzene rings is 1. The van der Waals surface area contributed by atoms with Crippen LogP contribution in [0.2, 0.25) is 0 Å². The molecular formula is C15H19N3O3. The third-order valence-corrected chi connectivity index (χ3v) is 3.37. The number of imide groups is 1. The Morgan fingerprint density at radius 1 is 1.24 bits per heavy atom. The first-order valence-corrected chi connectivity index (χ1v) is 6.98. The number of hydrogen-bond acceptors (Lipinski definition) is 4. The van der Waals surface area contributed by atoms with E-state index < -0.39 is 11.9 Å². The topological polar surface area (TPSA) is 87.3 Å². The summed E-state index contributed by atoms with van der Waals surface area (Å²) in [6.07, 6.45) is 1.63. The first-order chi connectivity index (χ1) is 10.1. The van der Waals surface area contributed by atoms with Crippen LogP contribution in [0.15, 0.2) is 30.3 Å². The predicted molar refractivity (Wildman–Crippen MR) is 77.2 cm³/mol. The van der Waals surface area contributed by atoms with E-state index in [0.717, 1.165) is 19.4 Å². The van der Waals surface area contributed by atoms with Crippen LogP contribution in [-0.4, -0.2) is 30.3 Å². The molecule has 1 fully saturated rings. The zero-order valence-corrected chi connectivity index (χ0v) is 11.9. The Morgan fingerprint density at radius 2 is 1.95 bits per heavy atom. The fourth-order valence-electron chi connectivity index (χ4n) is 2.34. The van der Waals surface area contributed by atoms with E-state index in [9.17, 15) is 14.4 Å². The number of carbonyl (C=O) groups is 3. The normalized spacial score (nSPS) is 18.8. The van der Waals surface area contributed by atoms with Crippen molar-refractivity contribution in [3.63, 3.8) is 0 Å². The van der Waals surface area contributed by atoms with Gasteiger partial charge in [0.25, 0.3) is 5.91 Å². The molecule has 6 heteroatoms. The van der Waals surface area contributed by atoms with E-state index in [2.05, 4.69) is 16.0 Å². The highest BCUT2D eigenvalue weighted by Gasteiger charge is 2.27. The van der Waals surface area contributed by atoms with Gasteiger partial charge in [0, 0.05) is 6.92 Å². The summed E-state index contributed by atoms with van der Waals surface area (Å²) < 4.78 is 0. The molecule has 0 radical (unpaired) electrons. The highest BCUT2D eigenvalue weighted by Crippen LogP contribution is 2.13. The maximum absolute atomic E-state index is 12.3. The molecule has 6 nitrogen and oxygen atoms in total. The van der Waals surface area contributed by atoms with Crippen molar-refractivity contribution >= 4 is 17.7 Å². The maximum atomic E-state index is 12.3. The van der Waals surface area contributed by atoms with Crippen LogP contribution in [0.4, 0.5) is 0 Å². The summed E-state index contributed by atoms with van der Waals surface area (Å²) in [7, 11) is 0. The molecule has 3 amide bonds. The summed E-state index contributed by atoms with van der Waals surface area (Å²) in [6.45, 7) is 2.11. The monoisotopic (exact) mass is 289 g/mol. The Labute approximate surface area is 123 Å². The number of hydrogen-bond donors (Lipinski definition) is 3. The minimum absolute atomic E-state index is 0.328. The van der Waals surface area contributed by atoms with Crippen molar-refractivity contribution < 1.29 is 14.4 Å². The van der Waals surface area contributed by atoms with Gasteiger partial charge in [0.05, 0.1) is 6.04 Å². The van der Waals surface area contributed by atoms with Gasteiger partial charge in [0.1, 0.15) is 6.04 Å². The van der Waals surface area contributed by atoms with E-state index in [0.29, 0.717) is 5.56 Å². The molecule has 0 saturated carbocycles. The smallest absolute Gasteiger partial charge is 0.253 e. The molecule has 21 heavy (non-hydrogen) atoms. The largest absolute Gasteiger partial charge is 0.341 e. The van der Waals surface area contributed by atoms with Gasteiger partial charge in [-0.05, 0) is 24.9 Å². The minimum atomic E-state index is -0.867. The van der Waals surface area contributed by atoms with Crippen molar-refractivity contribution in [1.29, 1.82) is 0 Å². The average molecular weight is 289 g/mol. The molecule has 0 aliphatic carbocycles. The molecule has 0 aromatic heterocycles. The Morgan fingerprint density at radius 3 is 2.52 bits per heavy atom. The summed E-state index contributed by atoms with van der Waals surface area (Å²) in [6, 6.07) is 7.64. The van der Waals surface area contributed by atoms with Gasteiger partial charge in [-0.15, -0.1) is 0 Å². The molecule has 2 rings (SSSR count). The molecule has 1 aromatic rings. The Hall–Kier alpha value is -2.21. The molecule has 112 valence electrons. The standard InChI is InChI=1S/C15H19N3O3/c1-10(19)17-13(11-6-3-2-4-7-11)15(21)18-14(20)12-8-5-9-16-12/h2-4,6-7,12-13,16H,5,8-9H2,1H3,(H,17,19)(H,18,20,21)/t12?,13-/m1/s1. The van der Waals surface area contributed by atoms with Crippen LogP contribution < -0.4 is 16.0 Å². The second kappa shape index (κ2) is 6.99. The van der Waals surface area contributed by atoms with Crippen LogP contribution in [0.1, 0.15) is 31.4 Å². The zero-order chi connectivity index (χ0) is 15.2. The lowest BCUT2D eigenvalue weighted by atomic mass is 10.1. The Kier molecular flexibility index (Phi) is 5.05. The number of carbonyl (C=O) groups excluding carboxylic acids is 3. The molecule has 1 aromatic carbocycles. The molecule has 1 saturated heterocycles. The van der Waals surface area contributed by atoms with Gasteiger partial charge in [0.15, 0.2) is 0 Å². The van der Waals surface area contributed by atoms with Crippen molar-refractivity contribution in [3.05, 3.63) is 35.9 Å². The van der Waals surface area contributed by atoms with Gasteiger partial charge in [-0.3, -0.25) is 19.7 Å². The summed E-state index contributed by atoms with van der Waals surface area (Å²) in [5.74, 6) is -1.19. The SMILES string of the molecule is CC(=O)N[C@@H](C(=O)NC(=O)C1CCCN1)c1ccccc1. The second-order valence-corrected chi connectivity index (χ2v) is 5.05. The van der Waals surface area contributed by atoms with Crippen LogP contribution in [0.25, 0.3) is 0 Å². The highest BCUT2D eigenvalue weighted by atomic mass is 16.2. The van der Waals surface area contributed by atoms with E-state index in [1.54, 1.807) is 24.3 Å². The van der Waals surface area contributed by atoms with Crippen molar-refractivity contribution in [1.82, 2.24) is 16.0 Å². The van der Waals surface area contributed by atoms with E-state index in [-0.39, 0.29) is 17.9 Å². The summed E-state index contributed by atoms with van der Waals surface area (Å²) in [5.41, 5.74) is 0.636. The number of amides is 3. The predicted octanol–water partition coefficient (Wildman–Crippen LogP) is 0.259. The van der Waals surface area contributed by atoms with Gasteiger partial charge >= 0.3 is 0 Å². The minimum Gasteiger partial charge on any atom is -0.341 e. The van der Waals surface area contributed by atoms with Crippen LogP contribution in [0.3, 0.4) is 0 Å². The molecule has 0 bridgehead atoms. The average Bonchev–Trinajstić information content (AvgIpc) is 2.99. The quantitative estimate of drug-likeness (QED) is 0.742. The van der Waals surface area contributed by atoms with E-state index in [1.165, 1.54) is 6.92 Å². The zero-order valence-electron chi connectivity index (χ0n) is 11.9. The van der Waals surface area contributed by atoms with E-state index in [1.807, 2.05) is 6.07 Å². The van der Waals surface area contributed by atoms with Crippen LogP contribution in [0, 0.1) is 0 Å². The molecule has 2 atom stereocenters. The van der Waals surface area contributed by atoms with Gasteiger partial charge in [-0.2, -0.15) is 0 Å². The van der Waals surface area contributed by atoms with Gasteiger partial charge in [0.2, 0.25) is 11.8 Å². The lowest BCUT2D eigenvalue weighted by molar-refractivity contribution is -0.134. The lowest BCUT2D eigenvalue weighted by Gasteiger charge is -2.18.